The van der Waals surface area contributed by atoms with Crippen LogP contribution in [0.15, 0.2) is 24.3 Å². The molecule has 0 unspecified atom stereocenters. The van der Waals surface area contributed by atoms with Gasteiger partial charge in [0.05, 0.1) is 12.6 Å². The lowest BCUT2D eigenvalue weighted by molar-refractivity contribution is -0.132. The molecule has 0 aliphatic heterocycles. The summed E-state index contributed by atoms with van der Waals surface area (Å²) in [7, 11) is 1.64. The topological polar surface area (TPSA) is 56.1 Å². The smallest absolute Gasteiger partial charge is 0.237 e. The number of nitriles is 1. The first-order chi connectivity index (χ1) is 9.27. The van der Waals surface area contributed by atoms with Gasteiger partial charge in [0.25, 0.3) is 0 Å². The summed E-state index contributed by atoms with van der Waals surface area (Å²) < 4.78 is 0. The molecule has 0 bridgehead atoms. The highest BCUT2D eigenvalue weighted by molar-refractivity contribution is 6.30. The van der Waals surface area contributed by atoms with Gasteiger partial charge in [0.1, 0.15) is 5.54 Å². The fourth-order valence-corrected chi connectivity index (χ4v) is 1.74. The van der Waals surface area contributed by atoms with Crippen molar-refractivity contribution in [2.45, 2.75) is 32.4 Å². The average Bonchev–Trinajstić information content (AvgIpc) is 2.44. The van der Waals surface area contributed by atoms with Gasteiger partial charge in [-0.05, 0) is 38.5 Å². The molecule has 1 aromatic carbocycles. The first-order valence-electron chi connectivity index (χ1n) is 6.44. The Morgan fingerprint density at radius 2 is 2.00 bits per heavy atom. The Bertz CT molecular complexity index is 505. The van der Waals surface area contributed by atoms with Gasteiger partial charge >= 0.3 is 0 Å². The molecule has 0 radical (unpaired) electrons. The van der Waals surface area contributed by atoms with E-state index >= 15 is 0 Å². The second kappa shape index (κ2) is 6.74. The molecule has 0 fully saturated rings. The first-order valence-corrected chi connectivity index (χ1v) is 6.82. The van der Waals surface area contributed by atoms with Gasteiger partial charge in [-0.3, -0.25) is 4.79 Å². The predicted octanol–water partition coefficient (Wildman–Crippen LogP) is 2.75. The predicted molar refractivity (Wildman–Crippen MR) is 80.3 cm³/mol. The number of amides is 1. The number of nitrogens with one attached hydrogen (secondary N) is 1. The fraction of sp³-hybridized carbons (Fsp3) is 0.467. The number of carbonyl (C=O) groups is 1. The number of benzene rings is 1. The number of hydrogen-bond acceptors (Lipinski definition) is 3. The Labute approximate surface area is 125 Å². The Morgan fingerprint density at radius 1 is 1.45 bits per heavy atom. The standard InChI is InChI=1S/C15H20ClN3O/c1-11(12-5-7-13(16)8-6-12)18-9-14(20)19(4)15(2,3)10-17/h5-8,11,18H,9H2,1-4H3/t11-/m1/s1. The van der Waals surface area contributed by atoms with Crippen molar-refractivity contribution in [3.05, 3.63) is 34.9 Å². The highest BCUT2D eigenvalue weighted by atomic mass is 35.5. The van der Waals surface area contributed by atoms with E-state index in [1.54, 1.807) is 20.9 Å². The minimum absolute atomic E-state index is 0.0369. The van der Waals surface area contributed by atoms with E-state index in [1.807, 2.05) is 31.2 Å². The van der Waals surface area contributed by atoms with Gasteiger partial charge in [0.15, 0.2) is 0 Å². The van der Waals surface area contributed by atoms with E-state index in [0.717, 1.165) is 5.56 Å². The minimum Gasteiger partial charge on any atom is -0.326 e. The van der Waals surface area contributed by atoms with Crippen LogP contribution in [0.1, 0.15) is 32.4 Å². The molecule has 0 saturated carbocycles. The third kappa shape index (κ3) is 4.22. The van der Waals surface area contributed by atoms with Crippen LogP contribution in [0.3, 0.4) is 0 Å². The zero-order chi connectivity index (χ0) is 15.3. The van der Waals surface area contributed by atoms with Gasteiger partial charge in [-0.25, -0.2) is 0 Å². The number of halogens is 1. The monoisotopic (exact) mass is 293 g/mol. The molecule has 0 aromatic heterocycles. The lowest BCUT2D eigenvalue weighted by Gasteiger charge is -2.29. The number of nitrogens with zero attached hydrogens (tertiary/aromatic N) is 2. The van der Waals surface area contributed by atoms with E-state index in [1.165, 1.54) is 4.90 Å². The molecule has 0 aliphatic rings. The van der Waals surface area contributed by atoms with Crippen molar-refractivity contribution < 1.29 is 4.79 Å². The van der Waals surface area contributed by atoms with Crippen molar-refractivity contribution in [1.29, 1.82) is 5.26 Å². The van der Waals surface area contributed by atoms with Crippen molar-refractivity contribution in [3.63, 3.8) is 0 Å². The minimum atomic E-state index is -0.803. The summed E-state index contributed by atoms with van der Waals surface area (Å²) >= 11 is 5.84. The number of rotatable bonds is 5. The van der Waals surface area contributed by atoms with Crippen molar-refractivity contribution >= 4 is 17.5 Å². The zero-order valence-electron chi connectivity index (χ0n) is 12.3. The van der Waals surface area contributed by atoms with E-state index < -0.39 is 5.54 Å². The van der Waals surface area contributed by atoms with Crippen LogP contribution in [0.25, 0.3) is 0 Å². The molecule has 1 N–H and O–H groups in total. The zero-order valence-corrected chi connectivity index (χ0v) is 13.0. The highest BCUT2D eigenvalue weighted by Crippen LogP contribution is 2.16. The van der Waals surface area contributed by atoms with Crippen LogP contribution < -0.4 is 5.32 Å². The SMILES string of the molecule is C[C@@H](NCC(=O)N(C)C(C)(C)C#N)c1ccc(Cl)cc1. The van der Waals surface area contributed by atoms with Gasteiger partial charge < -0.3 is 10.2 Å². The van der Waals surface area contributed by atoms with Gasteiger partial charge in [0, 0.05) is 18.1 Å². The quantitative estimate of drug-likeness (QED) is 0.908. The maximum atomic E-state index is 12.0. The molecule has 1 amide bonds. The van der Waals surface area contributed by atoms with Crippen LogP contribution in [-0.2, 0) is 4.79 Å². The van der Waals surface area contributed by atoms with Crippen LogP contribution in [-0.4, -0.2) is 29.9 Å². The number of likely N-dealkylation sites (N-methyl/N-ethyl adjacent to an activating group) is 1. The second-order valence-electron chi connectivity index (χ2n) is 5.28. The van der Waals surface area contributed by atoms with Crippen molar-refractivity contribution in [3.8, 4) is 6.07 Å². The van der Waals surface area contributed by atoms with E-state index in [-0.39, 0.29) is 18.5 Å². The van der Waals surface area contributed by atoms with Crippen LogP contribution in [0.5, 0.6) is 0 Å². The van der Waals surface area contributed by atoms with Crippen LogP contribution >= 0.6 is 11.6 Å². The Balaban J connectivity index is 2.57. The molecule has 1 aromatic rings. The summed E-state index contributed by atoms with van der Waals surface area (Å²) in [6.07, 6.45) is 0. The van der Waals surface area contributed by atoms with Crippen LogP contribution in [0.2, 0.25) is 5.02 Å². The van der Waals surface area contributed by atoms with Gasteiger partial charge in [-0.15, -0.1) is 0 Å². The molecule has 5 heteroatoms. The molecule has 0 aliphatic carbocycles. The van der Waals surface area contributed by atoms with Crippen molar-refractivity contribution in [2.24, 2.45) is 0 Å². The number of hydrogen-bond donors (Lipinski definition) is 1. The molecule has 4 nitrogen and oxygen atoms in total. The summed E-state index contributed by atoms with van der Waals surface area (Å²) in [5, 5.41) is 12.9. The summed E-state index contributed by atoms with van der Waals surface area (Å²) in [6.45, 7) is 5.60. The molecule has 1 atom stereocenters. The third-order valence-electron chi connectivity index (χ3n) is 3.42. The molecule has 0 heterocycles. The highest BCUT2D eigenvalue weighted by Gasteiger charge is 2.27. The van der Waals surface area contributed by atoms with Crippen LogP contribution in [0.4, 0.5) is 0 Å². The number of carbonyl (C=O) groups excluding carboxylic acids is 1. The van der Waals surface area contributed by atoms with E-state index in [0.29, 0.717) is 5.02 Å². The first kappa shape index (κ1) is 16.5. The maximum absolute atomic E-state index is 12.0. The molecule has 0 saturated heterocycles. The lowest BCUT2D eigenvalue weighted by Crippen LogP contribution is -2.47. The summed E-state index contributed by atoms with van der Waals surface area (Å²) in [5.41, 5.74) is 0.256. The van der Waals surface area contributed by atoms with E-state index in [4.69, 9.17) is 16.9 Å². The van der Waals surface area contributed by atoms with Crippen molar-refractivity contribution in [1.82, 2.24) is 10.2 Å². The van der Waals surface area contributed by atoms with Crippen molar-refractivity contribution in [2.75, 3.05) is 13.6 Å². The molecular weight excluding hydrogens is 274 g/mol. The Kier molecular flexibility index (Phi) is 5.55. The fourth-order valence-electron chi connectivity index (χ4n) is 1.62. The lowest BCUT2D eigenvalue weighted by atomic mass is 10.1. The maximum Gasteiger partial charge on any atom is 0.237 e. The van der Waals surface area contributed by atoms with E-state index in [2.05, 4.69) is 11.4 Å². The van der Waals surface area contributed by atoms with Gasteiger partial charge in [-0.1, -0.05) is 23.7 Å². The largest absolute Gasteiger partial charge is 0.326 e. The summed E-state index contributed by atoms with van der Waals surface area (Å²) in [6, 6.07) is 9.64. The second-order valence-corrected chi connectivity index (χ2v) is 5.71. The molecule has 108 valence electrons. The summed E-state index contributed by atoms with van der Waals surface area (Å²) in [5.74, 6) is -0.114. The molecular formula is C15H20ClN3O. The molecule has 1 rings (SSSR count). The molecule has 0 spiro atoms. The average molecular weight is 294 g/mol. The Hall–Kier alpha value is -1.57. The van der Waals surface area contributed by atoms with Gasteiger partial charge in [-0.2, -0.15) is 5.26 Å². The third-order valence-corrected chi connectivity index (χ3v) is 3.67. The Morgan fingerprint density at radius 3 is 2.50 bits per heavy atom. The van der Waals surface area contributed by atoms with Crippen LogP contribution in [0, 0.1) is 11.3 Å². The van der Waals surface area contributed by atoms with Gasteiger partial charge in [0.2, 0.25) is 5.91 Å². The summed E-state index contributed by atoms with van der Waals surface area (Å²) in [4.78, 5) is 13.5. The normalized spacial score (nSPS) is 12.6. The molecule has 20 heavy (non-hydrogen) atoms. The van der Waals surface area contributed by atoms with E-state index in [9.17, 15) is 4.79 Å².